The molecule has 126 valence electrons. The molecule has 0 atom stereocenters. The van der Waals surface area contributed by atoms with E-state index in [2.05, 4.69) is 5.32 Å². The summed E-state index contributed by atoms with van der Waals surface area (Å²) in [5, 5.41) is 3.46. The lowest BCUT2D eigenvalue weighted by Gasteiger charge is -2.07. The smallest absolute Gasteiger partial charge is 0.230 e. The van der Waals surface area contributed by atoms with E-state index >= 15 is 0 Å². The second-order valence-corrected chi connectivity index (χ2v) is 6.67. The van der Waals surface area contributed by atoms with E-state index in [4.69, 9.17) is 11.6 Å². The lowest BCUT2D eigenvalue weighted by molar-refractivity contribution is -0.118. The molecule has 1 amide bonds. The van der Waals surface area contributed by atoms with Gasteiger partial charge in [0.1, 0.15) is 5.82 Å². The molecule has 1 N–H and O–H groups in total. The molecule has 0 aliphatic rings. The molecule has 0 bridgehead atoms. The average Bonchev–Trinajstić information content (AvgIpc) is 2.53. The number of Topliss-reactive ketones (excluding diaryl/α,β-unsaturated/α-hetero) is 1. The first-order valence-corrected chi connectivity index (χ1v) is 8.76. The molecular formula is C18H17ClFNO2S. The maximum Gasteiger partial charge on any atom is 0.230 e. The van der Waals surface area contributed by atoms with Crippen LogP contribution in [0.2, 0.25) is 5.02 Å². The third-order valence-corrected chi connectivity index (χ3v) is 4.61. The fourth-order valence-electron chi connectivity index (χ4n) is 2.07. The second-order valence-electron chi connectivity index (χ2n) is 5.22. The van der Waals surface area contributed by atoms with Gasteiger partial charge in [0, 0.05) is 22.0 Å². The van der Waals surface area contributed by atoms with Crippen molar-refractivity contribution in [2.45, 2.75) is 18.2 Å². The molecule has 2 rings (SSSR count). The number of carbonyl (C=O) groups is 2. The van der Waals surface area contributed by atoms with Crippen LogP contribution in [-0.2, 0) is 11.2 Å². The third kappa shape index (κ3) is 5.65. The van der Waals surface area contributed by atoms with Crippen LogP contribution in [0.3, 0.4) is 0 Å². The van der Waals surface area contributed by atoms with Gasteiger partial charge in [-0.3, -0.25) is 9.59 Å². The second kappa shape index (κ2) is 8.85. The van der Waals surface area contributed by atoms with Crippen molar-refractivity contribution in [2.75, 3.05) is 12.3 Å². The Bertz CT molecular complexity index is 752. The molecular weight excluding hydrogens is 349 g/mol. The molecule has 0 aliphatic heterocycles. The predicted octanol–water partition coefficient (Wildman–Crippen LogP) is 4.13. The quantitative estimate of drug-likeness (QED) is 0.592. The zero-order chi connectivity index (χ0) is 17.5. The Morgan fingerprint density at radius 1 is 1.21 bits per heavy atom. The standard InChI is InChI=1S/C18H17ClFNO2S/c1-12(22)14-5-6-17(16(20)10-14)24-11-18(23)21-8-7-13-3-2-4-15(19)9-13/h2-6,9-10H,7-8,11H2,1H3,(H,21,23). The number of carbonyl (C=O) groups excluding carboxylic acids is 2. The summed E-state index contributed by atoms with van der Waals surface area (Å²) in [4.78, 5) is 23.4. The van der Waals surface area contributed by atoms with Crippen molar-refractivity contribution in [3.8, 4) is 0 Å². The first-order chi connectivity index (χ1) is 11.5. The van der Waals surface area contributed by atoms with E-state index < -0.39 is 5.82 Å². The van der Waals surface area contributed by atoms with Gasteiger partial charge in [-0.2, -0.15) is 0 Å². The number of halogens is 2. The maximum absolute atomic E-state index is 13.9. The Morgan fingerprint density at radius 3 is 2.67 bits per heavy atom. The Balaban J connectivity index is 1.78. The first-order valence-electron chi connectivity index (χ1n) is 7.40. The summed E-state index contributed by atoms with van der Waals surface area (Å²) in [6, 6.07) is 11.7. The predicted molar refractivity (Wildman–Crippen MR) is 95.3 cm³/mol. The van der Waals surface area contributed by atoms with Crippen LogP contribution < -0.4 is 5.32 Å². The summed E-state index contributed by atoms with van der Waals surface area (Å²) in [5.74, 6) is -0.730. The van der Waals surface area contributed by atoms with Crippen LogP contribution >= 0.6 is 23.4 Å². The first kappa shape index (κ1) is 18.5. The van der Waals surface area contributed by atoms with Crippen LogP contribution in [0, 0.1) is 5.82 Å². The van der Waals surface area contributed by atoms with E-state index in [1.165, 1.54) is 19.1 Å². The molecule has 0 saturated heterocycles. The van der Waals surface area contributed by atoms with Crippen molar-refractivity contribution in [2.24, 2.45) is 0 Å². The molecule has 24 heavy (non-hydrogen) atoms. The number of nitrogens with one attached hydrogen (secondary N) is 1. The lowest BCUT2D eigenvalue weighted by Crippen LogP contribution is -2.27. The van der Waals surface area contributed by atoms with Gasteiger partial charge in [0.15, 0.2) is 5.78 Å². The lowest BCUT2D eigenvalue weighted by atomic mass is 10.1. The fraction of sp³-hybridized carbons (Fsp3) is 0.222. The van der Waals surface area contributed by atoms with Gasteiger partial charge in [0.2, 0.25) is 5.91 Å². The summed E-state index contributed by atoms with van der Waals surface area (Å²) in [7, 11) is 0. The summed E-state index contributed by atoms with van der Waals surface area (Å²) in [6.07, 6.45) is 0.679. The molecule has 2 aromatic rings. The van der Waals surface area contributed by atoms with Crippen molar-refractivity contribution >= 4 is 35.1 Å². The Kier molecular flexibility index (Phi) is 6.82. The number of hydrogen-bond acceptors (Lipinski definition) is 3. The maximum atomic E-state index is 13.9. The van der Waals surface area contributed by atoms with Crippen LogP contribution in [0.5, 0.6) is 0 Å². The minimum Gasteiger partial charge on any atom is -0.355 e. The van der Waals surface area contributed by atoms with Crippen LogP contribution in [0.25, 0.3) is 0 Å². The van der Waals surface area contributed by atoms with Crippen molar-refractivity contribution in [1.29, 1.82) is 0 Å². The number of benzene rings is 2. The van der Waals surface area contributed by atoms with Gasteiger partial charge in [-0.05, 0) is 43.2 Å². The van der Waals surface area contributed by atoms with Crippen LogP contribution in [0.15, 0.2) is 47.4 Å². The van der Waals surface area contributed by atoms with Crippen LogP contribution in [-0.4, -0.2) is 24.0 Å². The van der Waals surface area contributed by atoms with Gasteiger partial charge in [-0.1, -0.05) is 29.8 Å². The highest BCUT2D eigenvalue weighted by molar-refractivity contribution is 8.00. The largest absolute Gasteiger partial charge is 0.355 e. The highest BCUT2D eigenvalue weighted by atomic mass is 35.5. The summed E-state index contributed by atoms with van der Waals surface area (Å²) in [6.45, 7) is 1.88. The Morgan fingerprint density at radius 2 is 2.00 bits per heavy atom. The average molecular weight is 366 g/mol. The van der Waals surface area contributed by atoms with Gasteiger partial charge in [-0.15, -0.1) is 11.8 Å². The minimum absolute atomic E-state index is 0.117. The van der Waals surface area contributed by atoms with Crippen LogP contribution in [0.1, 0.15) is 22.8 Å². The monoisotopic (exact) mass is 365 g/mol. The van der Waals surface area contributed by atoms with E-state index in [9.17, 15) is 14.0 Å². The topological polar surface area (TPSA) is 46.2 Å². The van der Waals surface area contributed by atoms with E-state index in [-0.39, 0.29) is 17.4 Å². The Labute approximate surface area is 149 Å². The highest BCUT2D eigenvalue weighted by Crippen LogP contribution is 2.22. The number of rotatable bonds is 7. The summed E-state index contributed by atoms with van der Waals surface area (Å²) in [5.41, 5.74) is 1.36. The number of ketones is 1. The van der Waals surface area contributed by atoms with Gasteiger partial charge in [-0.25, -0.2) is 4.39 Å². The van der Waals surface area contributed by atoms with E-state index in [0.717, 1.165) is 17.3 Å². The van der Waals surface area contributed by atoms with Gasteiger partial charge in [0.05, 0.1) is 5.75 Å². The number of hydrogen-bond donors (Lipinski definition) is 1. The van der Waals surface area contributed by atoms with Crippen molar-refractivity contribution in [1.82, 2.24) is 5.32 Å². The normalized spacial score (nSPS) is 10.5. The minimum atomic E-state index is -0.487. The summed E-state index contributed by atoms with van der Waals surface area (Å²) < 4.78 is 13.9. The molecule has 2 aromatic carbocycles. The highest BCUT2D eigenvalue weighted by Gasteiger charge is 2.09. The molecule has 6 heteroatoms. The zero-order valence-corrected chi connectivity index (χ0v) is 14.7. The molecule has 0 fully saturated rings. The molecule has 0 saturated carbocycles. The molecule has 0 radical (unpaired) electrons. The van der Waals surface area contributed by atoms with Gasteiger partial charge < -0.3 is 5.32 Å². The van der Waals surface area contributed by atoms with E-state index in [1.54, 1.807) is 12.1 Å². The molecule has 0 aliphatic carbocycles. The molecule has 0 spiro atoms. The molecule has 0 unspecified atom stereocenters. The van der Waals surface area contributed by atoms with Crippen molar-refractivity contribution < 1.29 is 14.0 Å². The summed E-state index contributed by atoms with van der Waals surface area (Å²) >= 11 is 7.01. The molecule has 3 nitrogen and oxygen atoms in total. The van der Waals surface area contributed by atoms with E-state index in [0.29, 0.717) is 28.4 Å². The fourth-order valence-corrected chi connectivity index (χ4v) is 3.03. The zero-order valence-electron chi connectivity index (χ0n) is 13.1. The molecule has 0 aromatic heterocycles. The number of amides is 1. The molecule has 0 heterocycles. The third-order valence-electron chi connectivity index (χ3n) is 3.32. The van der Waals surface area contributed by atoms with Crippen molar-refractivity contribution in [3.63, 3.8) is 0 Å². The van der Waals surface area contributed by atoms with Gasteiger partial charge >= 0.3 is 0 Å². The van der Waals surface area contributed by atoms with Gasteiger partial charge in [0.25, 0.3) is 0 Å². The van der Waals surface area contributed by atoms with E-state index in [1.807, 2.05) is 18.2 Å². The van der Waals surface area contributed by atoms with Crippen LogP contribution in [0.4, 0.5) is 4.39 Å². The van der Waals surface area contributed by atoms with Crippen molar-refractivity contribution in [3.05, 3.63) is 64.4 Å². The SMILES string of the molecule is CC(=O)c1ccc(SCC(=O)NCCc2cccc(Cl)c2)c(F)c1. The number of thioether (sulfide) groups is 1. The Hall–Kier alpha value is -1.85.